The van der Waals surface area contributed by atoms with Gasteiger partial charge in [0.05, 0.1) is 0 Å². The van der Waals surface area contributed by atoms with Gasteiger partial charge in [-0.3, -0.25) is 4.79 Å². The fourth-order valence-electron chi connectivity index (χ4n) is 1.83. The summed E-state index contributed by atoms with van der Waals surface area (Å²) in [7, 11) is 0. The molecule has 0 bridgehead atoms. The molecule has 80 valence electrons. The number of ketones is 1. The SMILES string of the molecule is O=C1CCc2cc([B-](F)(F)F)ccc2C1.[K+]. The number of hydrogen-bond donors (Lipinski definition) is 0. The third-order valence-electron chi connectivity index (χ3n) is 2.67. The van der Waals surface area contributed by atoms with Gasteiger partial charge in [-0.05, 0) is 17.5 Å². The fourth-order valence-corrected chi connectivity index (χ4v) is 1.83. The van der Waals surface area contributed by atoms with E-state index < -0.39 is 12.4 Å². The third kappa shape index (κ3) is 3.20. The molecule has 0 unspecified atom stereocenters. The van der Waals surface area contributed by atoms with E-state index in [1.165, 1.54) is 12.1 Å². The summed E-state index contributed by atoms with van der Waals surface area (Å²) in [4.78, 5) is 11.1. The number of benzene rings is 1. The Labute approximate surface area is 134 Å². The number of Topliss-reactive ketones (excluding diaryl/α,β-unsaturated/α-hetero) is 1. The molecule has 0 heterocycles. The zero-order valence-corrected chi connectivity index (χ0v) is 12.1. The fraction of sp³-hybridized carbons (Fsp3) is 0.300. The molecule has 6 heteroatoms. The normalized spacial score (nSPS) is 15.3. The van der Waals surface area contributed by atoms with Crippen LogP contribution in [0.4, 0.5) is 12.9 Å². The maximum absolute atomic E-state index is 12.4. The Hall–Kier alpha value is 0.381. The largest absolute Gasteiger partial charge is 1.00 e. The molecule has 0 saturated heterocycles. The quantitative estimate of drug-likeness (QED) is 0.574. The van der Waals surface area contributed by atoms with Crippen molar-refractivity contribution >= 4 is 18.2 Å². The molecule has 0 amide bonds. The first kappa shape index (κ1) is 14.4. The van der Waals surface area contributed by atoms with Crippen molar-refractivity contribution in [1.29, 1.82) is 0 Å². The van der Waals surface area contributed by atoms with Crippen LogP contribution in [0.15, 0.2) is 18.2 Å². The van der Waals surface area contributed by atoms with Crippen LogP contribution in [0.5, 0.6) is 0 Å². The van der Waals surface area contributed by atoms with Crippen LogP contribution >= 0.6 is 0 Å². The molecule has 16 heavy (non-hydrogen) atoms. The van der Waals surface area contributed by atoms with E-state index in [-0.39, 0.29) is 63.6 Å². The van der Waals surface area contributed by atoms with Crippen LogP contribution in [0.2, 0.25) is 0 Å². The van der Waals surface area contributed by atoms with Crippen molar-refractivity contribution in [3.63, 3.8) is 0 Å². The standard InChI is InChI=1S/C10H9BF3O.K/c12-11(13,14)9-3-1-8-6-10(15)4-2-7(8)5-9;/h1,3,5H,2,4,6H2;/q-1;+1. The molecule has 1 nitrogen and oxygen atoms in total. The molecular formula is C10H9BF3KO. The van der Waals surface area contributed by atoms with E-state index in [0.717, 1.165) is 11.6 Å². The molecule has 0 fully saturated rings. The van der Waals surface area contributed by atoms with Gasteiger partial charge < -0.3 is 12.9 Å². The van der Waals surface area contributed by atoms with Gasteiger partial charge in [0.25, 0.3) is 0 Å². The van der Waals surface area contributed by atoms with Crippen LogP contribution in [-0.2, 0) is 17.6 Å². The van der Waals surface area contributed by atoms with E-state index in [1.807, 2.05) is 0 Å². The summed E-state index contributed by atoms with van der Waals surface area (Å²) in [5.41, 5.74) is 0.851. The number of carbonyl (C=O) groups excluding carboxylic acids is 1. The summed E-state index contributed by atoms with van der Waals surface area (Å²) in [5, 5.41) is 0. The predicted octanol–water partition coefficient (Wildman–Crippen LogP) is -1.20. The van der Waals surface area contributed by atoms with E-state index in [4.69, 9.17) is 0 Å². The van der Waals surface area contributed by atoms with E-state index in [2.05, 4.69) is 0 Å². The number of carbonyl (C=O) groups is 1. The first-order valence-corrected chi connectivity index (χ1v) is 4.80. The van der Waals surface area contributed by atoms with Gasteiger partial charge in [-0.15, -0.1) is 5.46 Å². The van der Waals surface area contributed by atoms with Gasteiger partial charge >= 0.3 is 58.4 Å². The number of aryl methyl sites for hydroxylation is 1. The topological polar surface area (TPSA) is 17.1 Å². The van der Waals surface area contributed by atoms with Crippen molar-refractivity contribution in [2.75, 3.05) is 0 Å². The summed E-state index contributed by atoms with van der Waals surface area (Å²) in [6.07, 6.45) is 1.08. The van der Waals surface area contributed by atoms with E-state index in [1.54, 1.807) is 0 Å². The second-order valence-corrected chi connectivity index (χ2v) is 3.82. The minimum atomic E-state index is -4.92. The van der Waals surface area contributed by atoms with Crippen molar-refractivity contribution in [2.45, 2.75) is 19.3 Å². The summed E-state index contributed by atoms with van der Waals surface area (Å²) in [6.45, 7) is -4.92. The van der Waals surface area contributed by atoms with Crippen molar-refractivity contribution in [3.05, 3.63) is 29.3 Å². The summed E-state index contributed by atoms with van der Waals surface area (Å²) in [5.74, 6) is 0.104. The molecule has 0 aromatic heterocycles. The molecule has 1 aliphatic rings. The number of halogens is 3. The minimum absolute atomic E-state index is 0. The molecular weight excluding hydrogens is 243 g/mol. The van der Waals surface area contributed by atoms with Crippen molar-refractivity contribution < 1.29 is 69.1 Å². The smallest absolute Gasteiger partial charge is 0.445 e. The van der Waals surface area contributed by atoms with E-state index >= 15 is 0 Å². The molecule has 1 aromatic carbocycles. The molecule has 0 saturated carbocycles. The number of rotatable bonds is 1. The summed E-state index contributed by atoms with van der Waals surface area (Å²) in [6, 6.07) is 3.68. The Bertz CT molecular complexity index is 417. The monoisotopic (exact) mass is 252 g/mol. The van der Waals surface area contributed by atoms with Crippen molar-refractivity contribution in [2.24, 2.45) is 0 Å². The number of hydrogen-bond acceptors (Lipinski definition) is 1. The Balaban J connectivity index is 0.00000128. The maximum atomic E-state index is 12.4. The molecule has 0 radical (unpaired) electrons. The van der Waals surface area contributed by atoms with Crippen LogP contribution in [0.1, 0.15) is 17.5 Å². The Morgan fingerprint density at radius 1 is 1.06 bits per heavy atom. The molecule has 1 aliphatic carbocycles. The van der Waals surface area contributed by atoms with Crippen LogP contribution in [-0.4, -0.2) is 12.8 Å². The molecule has 0 aliphatic heterocycles. The first-order valence-electron chi connectivity index (χ1n) is 4.80. The van der Waals surface area contributed by atoms with Crippen LogP contribution in [0, 0.1) is 0 Å². The minimum Gasteiger partial charge on any atom is -0.445 e. The van der Waals surface area contributed by atoms with Gasteiger partial charge in [0.2, 0.25) is 0 Å². The third-order valence-corrected chi connectivity index (χ3v) is 2.67. The van der Waals surface area contributed by atoms with Crippen LogP contribution in [0.25, 0.3) is 0 Å². The Kier molecular flexibility index (Phi) is 4.83. The number of fused-ring (bicyclic) bond motifs is 1. The summed E-state index contributed by atoms with van der Waals surface area (Å²) < 4.78 is 37.3. The molecule has 0 atom stereocenters. The van der Waals surface area contributed by atoms with Crippen LogP contribution < -0.4 is 56.8 Å². The van der Waals surface area contributed by atoms with E-state index in [0.29, 0.717) is 18.4 Å². The van der Waals surface area contributed by atoms with Gasteiger partial charge in [-0.1, -0.05) is 18.2 Å². The van der Waals surface area contributed by atoms with E-state index in [9.17, 15) is 17.7 Å². The van der Waals surface area contributed by atoms with Gasteiger partial charge in [0, 0.05) is 12.8 Å². The van der Waals surface area contributed by atoms with Crippen LogP contribution in [0.3, 0.4) is 0 Å². The average molecular weight is 252 g/mol. The molecule has 2 rings (SSSR count). The Morgan fingerprint density at radius 2 is 1.75 bits per heavy atom. The predicted molar refractivity (Wildman–Crippen MR) is 52.2 cm³/mol. The van der Waals surface area contributed by atoms with Gasteiger partial charge in [-0.2, -0.15) is 0 Å². The molecule has 1 aromatic rings. The molecule has 0 N–H and O–H groups in total. The molecule has 0 spiro atoms. The second kappa shape index (κ2) is 5.35. The zero-order valence-electron chi connectivity index (χ0n) is 8.97. The zero-order chi connectivity index (χ0) is 11.1. The van der Waals surface area contributed by atoms with Crippen molar-refractivity contribution in [3.8, 4) is 0 Å². The second-order valence-electron chi connectivity index (χ2n) is 3.82. The van der Waals surface area contributed by atoms with Gasteiger partial charge in [-0.25, -0.2) is 0 Å². The van der Waals surface area contributed by atoms with Gasteiger partial charge in [0.1, 0.15) is 5.78 Å². The summed E-state index contributed by atoms with van der Waals surface area (Å²) >= 11 is 0. The first-order chi connectivity index (χ1) is 6.97. The van der Waals surface area contributed by atoms with Crippen molar-refractivity contribution in [1.82, 2.24) is 0 Å². The Morgan fingerprint density at radius 3 is 2.38 bits per heavy atom. The maximum Gasteiger partial charge on any atom is 1.00 e. The van der Waals surface area contributed by atoms with Gasteiger partial charge in [0.15, 0.2) is 0 Å². The average Bonchev–Trinajstić information content (AvgIpc) is 2.15.